The summed E-state index contributed by atoms with van der Waals surface area (Å²) in [5.41, 5.74) is 1.37. The zero-order chi connectivity index (χ0) is 26.5. The first-order valence-electron chi connectivity index (χ1n) is 11.1. The normalized spacial score (nSPS) is 12.0. The van der Waals surface area contributed by atoms with Gasteiger partial charge in [0.25, 0.3) is 10.0 Å². The van der Waals surface area contributed by atoms with Crippen molar-refractivity contribution in [2.24, 2.45) is 0 Å². The number of nitrogens with one attached hydrogen (secondary N) is 1. The second kappa shape index (κ2) is 11.5. The van der Waals surface area contributed by atoms with Crippen LogP contribution >= 0.6 is 11.6 Å². The Bertz CT molecular complexity index is 1330. The fourth-order valence-corrected chi connectivity index (χ4v) is 5.12. The number of hydrogen-bond donors (Lipinski definition) is 1. The van der Waals surface area contributed by atoms with Crippen molar-refractivity contribution in [1.82, 2.24) is 10.2 Å². The number of hydrogen-bond acceptors (Lipinski definition) is 4. The number of carbonyl (C=O) groups excluding carboxylic acids is 2. The summed E-state index contributed by atoms with van der Waals surface area (Å²) in [7, 11) is -2.77. The molecule has 0 radical (unpaired) electrons. The van der Waals surface area contributed by atoms with Gasteiger partial charge >= 0.3 is 0 Å². The van der Waals surface area contributed by atoms with Crippen LogP contribution < -0.4 is 9.62 Å². The van der Waals surface area contributed by atoms with Crippen molar-refractivity contribution in [1.29, 1.82) is 0 Å². The second-order valence-corrected chi connectivity index (χ2v) is 10.5. The molecule has 0 spiro atoms. The van der Waals surface area contributed by atoms with Gasteiger partial charge in [-0.05, 0) is 56.3 Å². The maximum atomic E-state index is 14.4. The summed E-state index contributed by atoms with van der Waals surface area (Å²) in [6.07, 6.45) is 0. The minimum absolute atomic E-state index is 0.0553. The molecule has 0 bridgehead atoms. The molecule has 3 aromatic carbocycles. The Labute approximate surface area is 215 Å². The van der Waals surface area contributed by atoms with Crippen molar-refractivity contribution in [3.05, 3.63) is 94.8 Å². The van der Waals surface area contributed by atoms with E-state index < -0.39 is 40.2 Å². The smallest absolute Gasteiger partial charge is 0.264 e. The molecule has 190 valence electrons. The van der Waals surface area contributed by atoms with Gasteiger partial charge in [0, 0.05) is 24.2 Å². The molecule has 0 aromatic heterocycles. The first-order chi connectivity index (χ1) is 17.0. The predicted octanol–water partition coefficient (Wildman–Crippen LogP) is 4.15. The Kier molecular flexibility index (Phi) is 8.70. The molecule has 0 aliphatic heterocycles. The monoisotopic (exact) mass is 531 g/mol. The van der Waals surface area contributed by atoms with Crippen LogP contribution in [0.2, 0.25) is 5.02 Å². The van der Waals surface area contributed by atoms with Gasteiger partial charge in [-0.15, -0.1) is 0 Å². The highest BCUT2D eigenvalue weighted by Gasteiger charge is 2.32. The number of nitrogens with zero attached hydrogens (tertiary/aromatic N) is 2. The Morgan fingerprint density at radius 2 is 1.61 bits per heavy atom. The summed E-state index contributed by atoms with van der Waals surface area (Å²) in [5.74, 6) is -1.68. The molecule has 36 heavy (non-hydrogen) atoms. The zero-order valence-corrected chi connectivity index (χ0v) is 21.7. The molecule has 10 heteroatoms. The molecule has 0 saturated carbocycles. The minimum Gasteiger partial charge on any atom is -0.357 e. The molecule has 3 rings (SSSR count). The molecule has 2 amide bonds. The highest BCUT2D eigenvalue weighted by atomic mass is 35.5. The summed E-state index contributed by atoms with van der Waals surface area (Å²) in [4.78, 5) is 27.1. The van der Waals surface area contributed by atoms with Crippen molar-refractivity contribution < 1.29 is 22.4 Å². The molecular weight excluding hydrogens is 505 g/mol. The quantitative estimate of drug-likeness (QED) is 0.449. The van der Waals surface area contributed by atoms with Crippen LogP contribution in [0.1, 0.15) is 18.1 Å². The number of amides is 2. The number of rotatable bonds is 9. The molecule has 0 aliphatic carbocycles. The van der Waals surface area contributed by atoms with E-state index in [1.807, 2.05) is 6.92 Å². The number of sulfonamides is 1. The third-order valence-corrected chi connectivity index (χ3v) is 7.75. The number of likely N-dealkylation sites (N-methyl/N-ethyl adjacent to an activating group) is 1. The SMILES string of the molecule is CNC(=O)[C@H](C)N(Cc1ccccc1F)C(=O)CN(c1ccc(C)cc1)S(=O)(=O)c1ccc(Cl)cc1. The average molecular weight is 532 g/mol. The van der Waals surface area contributed by atoms with E-state index in [0.29, 0.717) is 5.02 Å². The lowest BCUT2D eigenvalue weighted by molar-refractivity contribution is -0.139. The van der Waals surface area contributed by atoms with Gasteiger partial charge in [-0.2, -0.15) is 0 Å². The zero-order valence-electron chi connectivity index (χ0n) is 20.1. The minimum atomic E-state index is -4.19. The fourth-order valence-electron chi connectivity index (χ4n) is 3.58. The number of anilines is 1. The van der Waals surface area contributed by atoms with E-state index in [2.05, 4.69) is 5.32 Å². The Balaban J connectivity index is 2.03. The lowest BCUT2D eigenvalue weighted by Gasteiger charge is -2.31. The summed E-state index contributed by atoms with van der Waals surface area (Å²) in [5, 5.41) is 2.85. The van der Waals surface area contributed by atoms with Crippen molar-refractivity contribution in [3.63, 3.8) is 0 Å². The number of aryl methyl sites for hydroxylation is 1. The summed E-state index contributed by atoms with van der Waals surface area (Å²) < 4.78 is 42.7. The Hall–Kier alpha value is -3.43. The second-order valence-electron chi connectivity index (χ2n) is 8.20. The third-order valence-electron chi connectivity index (χ3n) is 5.71. The molecule has 0 fully saturated rings. The summed E-state index contributed by atoms with van der Waals surface area (Å²) in [6.45, 7) is 2.53. The molecule has 1 atom stereocenters. The van der Waals surface area contributed by atoms with Gasteiger partial charge in [0.2, 0.25) is 11.8 Å². The van der Waals surface area contributed by atoms with Gasteiger partial charge in [0.1, 0.15) is 18.4 Å². The van der Waals surface area contributed by atoms with Crippen LogP contribution in [0.5, 0.6) is 0 Å². The largest absolute Gasteiger partial charge is 0.357 e. The maximum Gasteiger partial charge on any atom is 0.264 e. The van der Waals surface area contributed by atoms with E-state index in [4.69, 9.17) is 11.6 Å². The molecule has 0 heterocycles. The number of halogens is 2. The Morgan fingerprint density at radius 3 is 2.19 bits per heavy atom. The molecule has 0 unspecified atom stereocenters. The molecule has 1 N–H and O–H groups in total. The van der Waals surface area contributed by atoms with Gasteiger partial charge in [0.15, 0.2) is 0 Å². The molecular formula is C26H27ClFN3O4S. The number of carbonyl (C=O) groups is 2. The van der Waals surface area contributed by atoms with E-state index >= 15 is 0 Å². The van der Waals surface area contributed by atoms with Gasteiger partial charge < -0.3 is 10.2 Å². The van der Waals surface area contributed by atoms with Crippen molar-refractivity contribution in [2.75, 3.05) is 17.9 Å². The lowest BCUT2D eigenvalue weighted by atomic mass is 10.1. The lowest BCUT2D eigenvalue weighted by Crippen LogP contribution is -2.50. The van der Waals surface area contributed by atoms with Crippen LogP contribution in [0.3, 0.4) is 0 Å². The summed E-state index contributed by atoms with van der Waals surface area (Å²) >= 11 is 5.93. The van der Waals surface area contributed by atoms with Crippen LogP contribution in [0, 0.1) is 12.7 Å². The van der Waals surface area contributed by atoms with E-state index in [9.17, 15) is 22.4 Å². The Morgan fingerprint density at radius 1 is 1.00 bits per heavy atom. The van der Waals surface area contributed by atoms with E-state index in [1.54, 1.807) is 30.3 Å². The number of benzene rings is 3. The van der Waals surface area contributed by atoms with Gasteiger partial charge in [-0.3, -0.25) is 13.9 Å². The van der Waals surface area contributed by atoms with Crippen molar-refractivity contribution in [2.45, 2.75) is 31.3 Å². The van der Waals surface area contributed by atoms with E-state index in [1.165, 1.54) is 56.4 Å². The van der Waals surface area contributed by atoms with Crippen LogP contribution in [-0.4, -0.2) is 44.8 Å². The maximum absolute atomic E-state index is 14.4. The van der Waals surface area contributed by atoms with E-state index in [-0.39, 0.29) is 22.7 Å². The molecule has 0 aliphatic rings. The molecule has 3 aromatic rings. The van der Waals surface area contributed by atoms with Gasteiger partial charge in [0.05, 0.1) is 10.6 Å². The van der Waals surface area contributed by atoms with Crippen molar-refractivity contribution >= 4 is 39.1 Å². The van der Waals surface area contributed by atoms with Crippen LogP contribution in [0.4, 0.5) is 10.1 Å². The van der Waals surface area contributed by atoms with Crippen molar-refractivity contribution in [3.8, 4) is 0 Å². The average Bonchev–Trinajstić information content (AvgIpc) is 2.86. The molecule has 0 saturated heterocycles. The highest BCUT2D eigenvalue weighted by Crippen LogP contribution is 2.26. The van der Waals surface area contributed by atoms with Gasteiger partial charge in [-0.25, -0.2) is 12.8 Å². The van der Waals surface area contributed by atoms with Gasteiger partial charge in [-0.1, -0.05) is 47.5 Å². The predicted molar refractivity (Wildman–Crippen MR) is 138 cm³/mol. The van der Waals surface area contributed by atoms with Crippen LogP contribution in [-0.2, 0) is 26.2 Å². The highest BCUT2D eigenvalue weighted by molar-refractivity contribution is 7.92. The third kappa shape index (κ3) is 6.22. The molecule has 7 nitrogen and oxygen atoms in total. The van der Waals surface area contributed by atoms with E-state index in [0.717, 1.165) is 14.8 Å². The first-order valence-corrected chi connectivity index (χ1v) is 13.0. The first kappa shape index (κ1) is 27.2. The topological polar surface area (TPSA) is 86.8 Å². The standard InChI is InChI=1S/C26H27ClFN3O4S/c1-18-8-12-22(13-9-18)31(36(34,35)23-14-10-21(27)11-15-23)17-25(32)30(19(2)26(33)29-3)16-20-6-4-5-7-24(20)28/h4-15,19H,16-17H2,1-3H3,(H,29,33)/t19-/m0/s1. The van der Waals surface area contributed by atoms with Crippen LogP contribution in [0.15, 0.2) is 77.7 Å². The fraction of sp³-hybridized carbons (Fsp3) is 0.231. The summed E-state index contributed by atoms with van der Waals surface area (Å²) in [6, 6.07) is 17.2. The van der Waals surface area contributed by atoms with Crippen LogP contribution in [0.25, 0.3) is 0 Å².